The second-order valence-corrected chi connectivity index (χ2v) is 4.96. The first kappa shape index (κ1) is 17.2. The average molecular weight is 293 g/mol. The SMILES string of the molecule is COCC(C)N(C)Cc1cc(C=CC(=O)O)ccc1OC. The fraction of sp³-hybridized carbons (Fsp3) is 0.438. The van der Waals surface area contributed by atoms with Crippen LogP contribution in [-0.2, 0) is 16.1 Å². The van der Waals surface area contributed by atoms with E-state index in [9.17, 15) is 4.79 Å². The first-order valence-electron chi connectivity index (χ1n) is 6.75. The van der Waals surface area contributed by atoms with Crippen molar-refractivity contribution in [1.82, 2.24) is 4.90 Å². The molecule has 0 aliphatic carbocycles. The van der Waals surface area contributed by atoms with E-state index < -0.39 is 5.97 Å². The standard InChI is InChI=1S/C16H23NO4/c1-12(11-20-3)17(2)10-14-9-13(6-8-16(18)19)5-7-15(14)21-4/h5-9,12H,10-11H2,1-4H3,(H,18,19). The van der Waals surface area contributed by atoms with Crippen LogP contribution in [-0.4, -0.2) is 49.9 Å². The summed E-state index contributed by atoms with van der Waals surface area (Å²) < 4.78 is 10.5. The van der Waals surface area contributed by atoms with Crippen LogP contribution in [0.1, 0.15) is 18.1 Å². The lowest BCUT2D eigenvalue weighted by molar-refractivity contribution is -0.131. The molecule has 0 saturated carbocycles. The predicted octanol–water partition coefficient (Wildman–Crippen LogP) is 2.26. The van der Waals surface area contributed by atoms with E-state index in [4.69, 9.17) is 14.6 Å². The van der Waals surface area contributed by atoms with Gasteiger partial charge in [0.2, 0.25) is 0 Å². The van der Waals surface area contributed by atoms with E-state index in [-0.39, 0.29) is 6.04 Å². The van der Waals surface area contributed by atoms with Crippen molar-refractivity contribution in [2.45, 2.75) is 19.5 Å². The number of aliphatic carboxylic acids is 1. The van der Waals surface area contributed by atoms with Crippen molar-refractivity contribution in [3.8, 4) is 5.75 Å². The number of likely N-dealkylation sites (N-methyl/N-ethyl adjacent to an activating group) is 1. The van der Waals surface area contributed by atoms with Crippen LogP contribution in [0.3, 0.4) is 0 Å². The normalized spacial score (nSPS) is 12.8. The summed E-state index contributed by atoms with van der Waals surface area (Å²) in [6.07, 6.45) is 2.70. The van der Waals surface area contributed by atoms with Gasteiger partial charge >= 0.3 is 5.97 Å². The van der Waals surface area contributed by atoms with Crippen molar-refractivity contribution in [2.75, 3.05) is 27.9 Å². The van der Waals surface area contributed by atoms with Gasteiger partial charge in [-0.15, -0.1) is 0 Å². The highest BCUT2D eigenvalue weighted by Gasteiger charge is 2.12. The van der Waals surface area contributed by atoms with Gasteiger partial charge in [-0.3, -0.25) is 4.90 Å². The van der Waals surface area contributed by atoms with Crippen LogP contribution < -0.4 is 4.74 Å². The van der Waals surface area contributed by atoms with Crippen LogP contribution in [0.5, 0.6) is 5.75 Å². The fourth-order valence-electron chi connectivity index (χ4n) is 1.99. The maximum atomic E-state index is 10.6. The number of carboxylic acid groups (broad SMARTS) is 1. The number of rotatable bonds is 8. The molecule has 0 spiro atoms. The quantitative estimate of drug-likeness (QED) is 0.745. The molecule has 0 saturated heterocycles. The lowest BCUT2D eigenvalue weighted by Gasteiger charge is -2.25. The molecule has 0 amide bonds. The monoisotopic (exact) mass is 293 g/mol. The van der Waals surface area contributed by atoms with Gasteiger partial charge in [0, 0.05) is 31.3 Å². The summed E-state index contributed by atoms with van der Waals surface area (Å²) in [5.74, 6) is -0.169. The molecule has 21 heavy (non-hydrogen) atoms. The Labute approximate surface area is 125 Å². The summed E-state index contributed by atoms with van der Waals surface area (Å²) in [5.41, 5.74) is 1.84. The van der Waals surface area contributed by atoms with Gasteiger partial charge in [-0.2, -0.15) is 0 Å². The molecule has 0 fully saturated rings. The molecule has 5 nitrogen and oxygen atoms in total. The summed E-state index contributed by atoms with van der Waals surface area (Å²) in [5, 5.41) is 8.69. The van der Waals surface area contributed by atoms with Gasteiger partial charge in [0.15, 0.2) is 0 Å². The highest BCUT2D eigenvalue weighted by molar-refractivity contribution is 5.85. The van der Waals surface area contributed by atoms with Gasteiger partial charge in [-0.1, -0.05) is 6.07 Å². The number of methoxy groups -OCH3 is 2. The smallest absolute Gasteiger partial charge is 0.328 e. The zero-order chi connectivity index (χ0) is 15.8. The molecule has 1 aromatic carbocycles. The van der Waals surface area contributed by atoms with Gasteiger partial charge in [0.1, 0.15) is 5.75 Å². The Morgan fingerprint density at radius 1 is 1.43 bits per heavy atom. The van der Waals surface area contributed by atoms with Crippen LogP contribution in [0.25, 0.3) is 6.08 Å². The molecular weight excluding hydrogens is 270 g/mol. The molecule has 5 heteroatoms. The predicted molar refractivity (Wildman–Crippen MR) is 82.5 cm³/mol. The Hall–Kier alpha value is -1.85. The number of benzene rings is 1. The third kappa shape index (κ3) is 5.57. The number of nitrogens with zero attached hydrogens (tertiary/aromatic N) is 1. The van der Waals surface area contributed by atoms with E-state index in [1.165, 1.54) is 0 Å². The molecule has 1 atom stereocenters. The Morgan fingerprint density at radius 2 is 2.14 bits per heavy atom. The number of carbonyl (C=O) groups is 1. The van der Waals surface area contributed by atoms with Crippen LogP contribution in [0.4, 0.5) is 0 Å². The van der Waals surface area contributed by atoms with Gasteiger partial charge in [-0.25, -0.2) is 4.79 Å². The summed E-state index contributed by atoms with van der Waals surface area (Å²) in [6, 6.07) is 5.90. The molecular formula is C16H23NO4. The maximum absolute atomic E-state index is 10.6. The number of hydrogen-bond acceptors (Lipinski definition) is 4. The van der Waals surface area contributed by atoms with E-state index in [1.807, 2.05) is 25.2 Å². The summed E-state index contributed by atoms with van der Waals surface area (Å²) in [7, 11) is 5.33. The largest absolute Gasteiger partial charge is 0.496 e. The van der Waals surface area contributed by atoms with E-state index >= 15 is 0 Å². The summed E-state index contributed by atoms with van der Waals surface area (Å²) in [6.45, 7) is 3.43. The third-order valence-electron chi connectivity index (χ3n) is 3.30. The minimum Gasteiger partial charge on any atom is -0.496 e. The molecule has 0 aliphatic rings. The zero-order valence-electron chi connectivity index (χ0n) is 13.0. The van der Waals surface area contributed by atoms with Gasteiger partial charge < -0.3 is 14.6 Å². The fourth-order valence-corrected chi connectivity index (χ4v) is 1.99. The minimum absolute atomic E-state index is 0.276. The highest BCUT2D eigenvalue weighted by atomic mass is 16.5. The van der Waals surface area contributed by atoms with Crippen molar-refractivity contribution in [3.63, 3.8) is 0 Å². The lowest BCUT2D eigenvalue weighted by atomic mass is 10.1. The third-order valence-corrected chi connectivity index (χ3v) is 3.30. The second kappa shape index (κ2) is 8.44. The van der Waals surface area contributed by atoms with Crippen LogP contribution in [0, 0.1) is 0 Å². The summed E-state index contributed by atoms with van der Waals surface area (Å²) >= 11 is 0. The molecule has 0 aromatic heterocycles. The molecule has 0 bridgehead atoms. The first-order chi connectivity index (χ1) is 9.97. The van der Waals surface area contributed by atoms with Crippen molar-refractivity contribution in [2.24, 2.45) is 0 Å². The molecule has 1 N–H and O–H groups in total. The van der Waals surface area contributed by atoms with Crippen LogP contribution >= 0.6 is 0 Å². The van der Waals surface area contributed by atoms with Crippen LogP contribution in [0.2, 0.25) is 0 Å². The van der Waals surface area contributed by atoms with Crippen molar-refractivity contribution >= 4 is 12.0 Å². The highest BCUT2D eigenvalue weighted by Crippen LogP contribution is 2.22. The topological polar surface area (TPSA) is 59.0 Å². The minimum atomic E-state index is -0.960. The number of ether oxygens (including phenoxy) is 2. The molecule has 0 radical (unpaired) electrons. The Kier molecular flexibility index (Phi) is 6.91. The van der Waals surface area contributed by atoms with Crippen molar-refractivity contribution in [3.05, 3.63) is 35.4 Å². The summed E-state index contributed by atoms with van der Waals surface area (Å²) in [4.78, 5) is 12.7. The molecule has 1 unspecified atom stereocenters. The van der Waals surface area contributed by atoms with Gasteiger partial charge in [0.25, 0.3) is 0 Å². The molecule has 1 aromatic rings. The molecule has 0 heterocycles. The van der Waals surface area contributed by atoms with E-state index in [2.05, 4.69) is 11.8 Å². The van der Waals surface area contributed by atoms with Crippen LogP contribution in [0.15, 0.2) is 24.3 Å². The lowest BCUT2D eigenvalue weighted by Crippen LogP contribution is -2.32. The average Bonchev–Trinajstić information content (AvgIpc) is 2.45. The number of carboxylic acids is 1. The van der Waals surface area contributed by atoms with E-state index in [0.29, 0.717) is 13.2 Å². The van der Waals surface area contributed by atoms with Gasteiger partial charge in [-0.05, 0) is 37.7 Å². The van der Waals surface area contributed by atoms with Gasteiger partial charge in [0.05, 0.1) is 13.7 Å². The zero-order valence-corrected chi connectivity index (χ0v) is 13.0. The van der Waals surface area contributed by atoms with Crippen molar-refractivity contribution in [1.29, 1.82) is 0 Å². The number of hydrogen-bond donors (Lipinski definition) is 1. The second-order valence-electron chi connectivity index (χ2n) is 4.96. The Morgan fingerprint density at radius 3 is 2.71 bits per heavy atom. The van der Waals surface area contributed by atoms with E-state index in [1.54, 1.807) is 20.3 Å². The van der Waals surface area contributed by atoms with Crippen molar-refractivity contribution < 1.29 is 19.4 Å². The molecule has 116 valence electrons. The molecule has 1 rings (SSSR count). The molecule has 0 aliphatic heterocycles. The first-order valence-corrected chi connectivity index (χ1v) is 6.75. The van der Waals surface area contributed by atoms with E-state index in [0.717, 1.165) is 23.0 Å². The Bertz CT molecular complexity index is 499. The Balaban J connectivity index is 2.92. The maximum Gasteiger partial charge on any atom is 0.328 e.